The van der Waals surface area contributed by atoms with E-state index in [1.165, 1.54) is 11.6 Å². The van der Waals surface area contributed by atoms with E-state index in [0.717, 1.165) is 23.6 Å². The Morgan fingerprint density at radius 3 is 2.19 bits per heavy atom. The topological polar surface area (TPSA) is 30.5 Å². The van der Waals surface area contributed by atoms with Crippen LogP contribution >= 0.6 is 0 Å². The second kappa shape index (κ2) is 10.6. The van der Waals surface area contributed by atoms with E-state index >= 15 is 0 Å². The van der Waals surface area contributed by atoms with Crippen LogP contribution in [0.3, 0.4) is 0 Å². The summed E-state index contributed by atoms with van der Waals surface area (Å²) in [4.78, 5) is 0. The van der Waals surface area contributed by atoms with Crippen molar-refractivity contribution in [2.24, 2.45) is 0 Å². The first kappa shape index (κ1) is 20.7. The minimum Gasteiger partial charge on any atom is -1.00 e. The number of ether oxygens (including phenoxy) is 2. The number of rotatable bonds is 8. The van der Waals surface area contributed by atoms with E-state index in [1.54, 1.807) is 19.2 Å². The van der Waals surface area contributed by atoms with Crippen molar-refractivity contribution in [1.82, 2.24) is 5.32 Å². The third kappa shape index (κ3) is 5.98. The zero-order chi connectivity index (χ0) is 18.2. The van der Waals surface area contributed by atoms with E-state index < -0.39 is 0 Å². The number of hydrogen-bond acceptors (Lipinski definition) is 3. The molecule has 0 heterocycles. The molecule has 0 amide bonds. The van der Waals surface area contributed by atoms with Gasteiger partial charge in [0.1, 0.15) is 23.9 Å². The summed E-state index contributed by atoms with van der Waals surface area (Å²) in [6, 6.07) is 22.4. The molecule has 1 N–H and O–H groups in total. The fraction of sp³-hybridized carbons (Fsp3) is 0.182. The Labute approximate surface area is 165 Å². The van der Waals surface area contributed by atoms with Gasteiger partial charge >= 0.3 is 0 Å². The molecule has 0 aliphatic carbocycles. The molecule has 142 valence electrons. The summed E-state index contributed by atoms with van der Waals surface area (Å²) in [5.74, 6) is 1.36. The Balaban J connectivity index is 0.00000261. The van der Waals surface area contributed by atoms with Crippen LogP contribution in [-0.2, 0) is 19.7 Å². The quantitative estimate of drug-likeness (QED) is 0.639. The molecule has 0 saturated heterocycles. The summed E-state index contributed by atoms with van der Waals surface area (Å²) in [6.07, 6.45) is 0. The predicted molar refractivity (Wildman–Crippen MR) is 101 cm³/mol. The Morgan fingerprint density at radius 1 is 0.815 bits per heavy atom. The maximum absolute atomic E-state index is 13.7. The molecule has 3 nitrogen and oxygen atoms in total. The van der Waals surface area contributed by atoms with Crippen LogP contribution in [-0.4, -0.2) is 7.11 Å². The molecule has 3 rings (SSSR count). The maximum Gasteiger partial charge on any atom is 0.129 e. The van der Waals surface area contributed by atoms with Crippen molar-refractivity contribution in [1.29, 1.82) is 0 Å². The van der Waals surface area contributed by atoms with E-state index in [1.807, 2.05) is 54.6 Å². The first-order valence-corrected chi connectivity index (χ1v) is 8.54. The normalized spacial score (nSPS) is 10.1. The Kier molecular flexibility index (Phi) is 8.11. The highest BCUT2D eigenvalue weighted by Gasteiger charge is 2.06. The van der Waals surface area contributed by atoms with Gasteiger partial charge in [0.2, 0.25) is 0 Å². The molecule has 3 aromatic carbocycles. The molecule has 0 aliphatic rings. The zero-order valence-electron chi connectivity index (χ0n) is 15.1. The van der Waals surface area contributed by atoms with Crippen LogP contribution in [0.5, 0.6) is 11.5 Å². The monoisotopic (exact) mass is 386 g/mol. The van der Waals surface area contributed by atoms with Crippen LogP contribution in [0.2, 0.25) is 0 Å². The zero-order valence-corrected chi connectivity index (χ0v) is 15.9. The fourth-order valence-corrected chi connectivity index (χ4v) is 2.65. The van der Waals surface area contributed by atoms with Gasteiger partial charge in [-0.15, -0.1) is 0 Å². The fourth-order valence-electron chi connectivity index (χ4n) is 2.65. The SMILES string of the molecule is COc1ccc(CNCc2ccccc2OCc2ccccc2F)cc1.[Cl-]. The average Bonchev–Trinajstić information content (AvgIpc) is 2.69. The molecule has 5 heteroatoms. The lowest BCUT2D eigenvalue weighted by atomic mass is 10.1. The van der Waals surface area contributed by atoms with Crippen molar-refractivity contribution >= 4 is 0 Å². The number of hydrogen-bond donors (Lipinski definition) is 1. The predicted octanol–water partition coefficient (Wildman–Crippen LogP) is 1.71. The summed E-state index contributed by atoms with van der Waals surface area (Å²) in [5, 5.41) is 3.41. The van der Waals surface area contributed by atoms with Crippen LogP contribution in [0.15, 0.2) is 72.8 Å². The lowest BCUT2D eigenvalue weighted by Gasteiger charge is -2.13. The standard InChI is InChI=1S/C22H22FNO2.ClH/c1-25-20-12-10-17(11-13-20)14-24-15-18-6-3-5-9-22(18)26-16-19-7-2-4-8-21(19)23;/h2-13,24H,14-16H2,1H3;1H/p-1. The van der Waals surface area contributed by atoms with Gasteiger partial charge in [-0.2, -0.15) is 0 Å². The Hall–Kier alpha value is -2.56. The second-order valence-electron chi connectivity index (χ2n) is 5.94. The lowest BCUT2D eigenvalue weighted by molar-refractivity contribution is -0.00000654. The first-order chi connectivity index (χ1) is 12.8. The van der Waals surface area contributed by atoms with Gasteiger partial charge in [-0.05, 0) is 29.8 Å². The number of methoxy groups -OCH3 is 1. The molecule has 3 aromatic rings. The van der Waals surface area contributed by atoms with Crippen LogP contribution in [0.25, 0.3) is 0 Å². The van der Waals surface area contributed by atoms with E-state index in [-0.39, 0.29) is 24.8 Å². The molecule has 0 aliphatic heterocycles. The third-order valence-electron chi connectivity index (χ3n) is 4.12. The minimum atomic E-state index is -0.248. The van der Waals surface area contributed by atoms with Crippen LogP contribution in [0.4, 0.5) is 4.39 Å². The van der Waals surface area contributed by atoms with E-state index in [2.05, 4.69) is 5.32 Å². The molecular weight excluding hydrogens is 365 g/mol. The van der Waals surface area contributed by atoms with Crippen molar-refractivity contribution in [3.63, 3.8) is 0 Å². The molecule has 0 bridgehead atoms. The largest absolute Gasteiger partial charge is 1.00 e. The molecular formula is C22H22ClFNO2-. The van der Waals surface area contributed by atoms with Crippen molar-refractivity contribution in [3.8, 4) is 11.5 Å². The summed E-state index contributed by atoms with van der Waals surface area (Å²) >= 11 is 0. The highest BCUT2D eigenvalue weighted by atomic mass is 35.5. The van der Waals surface area contributed by atoms with E-state index in [4.69, 9.17) is 9.47 Å². The minimum absolute atomic E-state index is 0. The van der Waals surface area contributed by atoms with Gasteiger partial charge in [0.25, 0.3) is 0 Å². The van der Waals surface area contributed by atoms with Crippen molar-refractivity contribution in [2.75, 3.05) is 7.11 Å². The van der Waals surface area contributed by atoms with Crippen LogP contribution < -0.4 is 27.2 Å². The summed E-state index contributed by atoms with van der Waals surface area (Å²) in [5.41, 5.74) is 2.77. The van der Waals surface area contributed by atoms with Crippen LogP contribution in [0, 0.1) is 5.82 Å². The van der Waals surface area contributed by atoms with Gasteiger partial charge in [0, 0.05) is 24.2 Å². The molecule has 0 saturated carbocycles. The molecule has 0 aromatic heterocycles. The Bertz CT molecular complexity index is 840. The van der Waals surface area contributed by atoms with Gasteiger partial charge in [-0.1, -0.05) is 48.5 Å². The number of halogens is 2. The molecule has 27 heavy (non-hydrogen) atoms. The molecule has 0 atom stereocenters. The maximum atomic E-state index is 13.7. The van der Waals surface area contributed by atoms with Gasteiger partial charge in [0.05, 0.1) is 7.11 Å². The molecule has 0 spiro atoms. The number of para-hydroxylation sites is 1. The van der Waals surface area contributed by atoms with Gasteiger partial charge in [0.15, 0.2) is 0 Å². The van der Waals surface area contributed by atoms with Crippen molar-refractivity contribution < 1.29 is 26.3 Å². The van der Waals surface area contributed by atoms with Gasteiger partial charge < -0.3 is 27.2 Å². The van der Waals surface area contributed by atoms with Crippen molar-refractivity contribution in [3.05, 3.63) is 95.3 Å². The van der Waals surface area contributed by atoms with Crippen molar-refractivity contribution in [2.45, 2.75) is 19.7 Å². The molecule has 0 radical (unpaired) electrons. The van der Waals surface area contributed by atoms with E-state index in [0.29, 0.717) is 12.1 Å². The third-order valence-corrected chi connectivity index (χ3v) is 4.12. The highest BCUT2D eigenvalue weighted by molar-refractivity contribution is 5.34. The number of nitrogens with one attached hydrogen (secondary N) is 1. The number of benzene rings is 3. The molecule has 0 unspecified atom stereocenters. The molecule has 0 fully saturated rings. The summed E-state index contributed by atoms with van der Waals surface area (Å²) in [6.45, 7) is 1.62. The van der Waals surface area contributed by atoms with Gasteiger partial charge in [-0.3, -0.25) is 0 Å². The van der Waals surface area contributed by atoms with Crippen LogP contribution in [0.1, 0.15) is 16.7 Å². The average molecular weight is 387 g/mol. The first-order valence-electron chi connectivity index (χ1n) is 8.54. The second-order valence-corrected chi connectivity index (χ2v) is 5.94. The highest BCUT2D eigenvalue weighted by Crippen LogP contribution is 2.20. The van der Waals surface area contributed by atoms with E-state index in [9.17, 15) is 4.39 Å². The summed E-state index contributed by atoms with van der Waals surface area (Å²) < 4.78 is 24.7. The smallest absolute Gasteiger partial charge is 0.129 e. The van der Waals surface area contributed by atoms with Gasteiger partial charge in [-0.25, -0.2) is 4.39 Å². The lowest BCUT2D eigenvalue weighted by Crippen LogP contribution is -3.00. The Morgan fingerprint density at radius 2 is 1.48 bits per heavy atom. The summed E-state index contributed by atoms with van der Waals surface area (Å²) in [7, 11) is 1.66.